The number of aromatic nitrogens is 2. The van der Waals surface area contributed by atoms with Crippen LogP contribution in [0.1, 0.15) is 11.3 Å². The molecule has 136 valence electrons. The first-order chi connectivity index (χ1) is 12.9. The number of nitrogens with zero attached hydrogens (tertiary/aromatic N) is 3. The van der Waals surface area contributed by atoms with Crippen LogP contribution in [0.2, 0.25) is 10.0 Å². The Hall–Kier alpha value is -2.83. The second kappa shape index (κ2) is 6.72. The van der Waals surface area contributed by atoms with E-state index in [1.807, 2.05) is 23.6 Å². The third-order valence-electron chi connectivity index (χ3n) is 4.24. The van der Waals surface area contributed by atoms with Crippen molar-refractivity contribution in [1.82, 2.24) is 9.55 Å². The Bertz CT molecular complexity index is 1160. The number of aryl methyl sites for hydroxylation is 1. The second-order valence-corrected chi connectivity index (χ2v) is 6.92. The first-order valence-corrected chi connectivity index (χ1v) is 8.83. The number of hydrogen-bond donors (Lipinski definition) is 0. The number of hydrogen-bond acceptors (Lipinski definition) is 4. The van der Waals surface area contributed by atoms with Crippen molar-refractivity contribution >= 4 is 39.9 Å². The van der Waals surface area contributed by atoms with Gasteiger partial charge in [0.25, 0.3) is 5.69 Å². The minimum Gasteiger partial charge on any atom is -0.458 e. The molecule has 0 saturated heterocycles. The van der Waals surface area contributed by atoms with E-state index in [9.17, 15) is 10.1 Å². The zero-order chi connectivity index (χ0) is 19.1. The first kappa shape index (κ1) is 17.6. The van der Waals surface area contributed by atoms with Crippen LogP contribution in [0.3, 0.4) is 0 Å². The van der Waals surface area contributed by atoms with Gasteiger partial charge < -0.3 is 8.98 Å². The van der Waals surface area contributed by atoms with Crippen molar-refractivity contribution in [3.63, 3.8) is 0 Å². The molecule has 0 atom stereocenters. The lowest BCUT2D eigenvalue weighted by Crippen LogP contribution is -2.02. The van der Waals surface area contributed by atoms with Crippen molar-refractivity contribution in [2.24, 2.45) is 0 Å². The van der Waals surface area contributed by atoms with Crippen molar-refractivity contribution < 1.29 is 9.34 Å². The van der Waals surface area contributed by atoms with Gasteiger partial charge in [-0.25, -0.2) is 4.98 Å². The monoisotopic (exact) mass is 401 g/mol. The van der Waals surface area contributed by atoms with Gasteiger partial charge in [-0.2, -0.15) is 0 Å². The molecule has 2 aromatic carbocycles. The highest BCUT2D eigenvalue weighted by molar-refractivity contribution is 6.42. The predicted octanol–water partition coefficient (Wildman–Crippen LogP) is 5.87. The maximum absolute atomic E-state index is 10.9. The van der Waals surface area contributed by atoms with Crippen LogP contribution >= 0.6 is 23.2 Å². The van der Waals surface area contributed by atoms with Gasteiger partial charge in [-0.05, 0) is 36.8 Å². The number of nitro benzene ring substituents is 1. The highest BCUT2D eigenvalue weighted by Gasteiger charge is 2.17. The van der Waals surface area contributed by atoms with E-state index in [0.29, 0.717) is 33.7 Å². The molecule has 0 N–H and O–H groups in total. The molecule has 0 bridgehead atoms. The summed E-state index contributed by atoms with van der Waals surface area (Å²) in [6.07, 6.45) is 0. The van der Waals surface area contributed by atoms with E-state index in [2.05, 4.69) is 4.98 Å². The number of rotatable bonds is 4. The number of nitro groups is 1. The van der Waals surface area contributed by atoms with Crippen molar-refractivity contribution in [3.8, 4) is 11.6 Å². The van der Waals surface area contributed by atoms with Gasteiger partial charge in [0.15, 0.2) is 11.6 Å². The molecular weight excluding hydrogens is 389 g/mol. The maximum Gasteiger partial charge on any atom is 0.269 e. The Kier molecular flexibility index (Phi) is 4.37. The molecule has 0 amide bonds. The molecule has 4 aromatic rings. The third kappa shape index (κ3) is 3.29. The van der Waals surface area contributed by atoms with Crippen molar-refractivity contribution in [1.29, 1.82) is 0 Å². The Morgan fingerprint density at radius 3 is 2.44 bits per heavy atom. The molecule has 0 aliphatic carbocycles. The zero-order valence-electron chi connectivity index (χ0n) is 14.1. The van der Waals surface area contributed by atoms with Crippen LogP contribution in [0.5, 0.6) is 0 Å². The zero-order valence-corrected chi connectivity index (χ0v) is 15.7. The average molecular weight is 402 g/mol. The fourth-order valence-corrected chi connectivity index (χ4v) is 3.24. The van der Waals surface area contributed by atoms with Crippen molar-refractivity contribution in [2.45, 2.75) is 13.5 Å². The van der Waals surface area contributed by atoms with Gasteiger partial charge in [0.2, 0.25) is 0 Å². The summed E-state index contributed by atoms with van der Waals surface area (Å²) in [6, 6.07) is 13.6. The molecular formula is C19H13Cl2N3O3. The largest absolute Gasteiger partial charge is 0.458 e. The van der Waals surface area contributed by atoms with Crippen LogP contribution < -0.4 is 0 Å². The summed E-state index contributed by atoms with van der Waals surface area (Å²) in [6.45, 7) is 2.31. The van der Waals surface area contributed by atoms with Gasteiger partial charge >= 0.3 is 0 Å². The smallest absolute Gasteiger partial charge is 0.269 e. The molecule has 6 nitrogen and oxygen atoms in total. The van der Waals surface area contributed by atoms with Gasteiger partial charge in [0.05, 0.1) is 26.0 Å². The van der Waals surface area contributed by atoms with Crippen molar-refractivity contribution in [2.75, 3.05) is 0 Å². The van der Waals surface area contributed by atoms with E-state index in [-0.39, 0.29) is 5.69 Å². The molecule has 0 spiro atoms. The molecule has 0 fully saturated rings. The van der Waals surface area contributed by atoms with Gasteiger partial charge in [-0.1, -0.05) is 35.3 Å². The highest BCUT2D eigenvalue weighted by atomic mass is 35.5. The number of benzene rings is 2. The molecule has 0 aliphatic heterocycles. The molecule has 0 saturated carbocycles. The molecule has 8 heteroatoms. The lowest BCUT2D eigenvalue weighted by molar-refractivity contribution is -0.384. The topological polar surface area (TPSA) is 74.1 Å². The van der Waals surface area contributed by atoms with Crippen molar-refractivity contribution in [3.05, 3.63) is 80.0 Å². The summed E-state index contributed by atoms with van der Waals surface area (Å²) in [7, 11) is 0. The van der Waals surface area contributed by atoms with E-state index in [0.717, 1.165) is 16.8 Å². The number of imidazole rings is 1. The van der Waals surface area contributed by atoms with E-state index in [1.165, 1.54) is 12.1 Å². The van der Waals surface area contributed by atoms with E-state index in [1.54, 1.807) is 24.3 Å². The van der Waals surface area contributed by atoms with Crippen LogP contribution in [0, 0.1) is 17.0 Å². The quantitative estimate of drug-likeness (QED) is 0.316. The molecule has 0 radical (unpaired) electrons. The Labute approximate surface area is 164 Å². The van der Waals surface area contributed by atoms with Gasteiger partial charge in [0.1, 0.15) is 5.76 Å². The summed E-state index contributed by atoms with van der Waals surface area (Å²) in [4.78, 5) is 15.1. The van der Waals surface area contributed by atoms with Gasteiger partial charge in [-0.15, -0.1) is 0 Å². The van der Waals surface area contributed by atoms with Crippen LogP contribution in [-0.4, -0.2) is 14.5 Å². The molecule has 2 heterocycles. The molecule has 0 aliphatic rings. The summed E-state index contributed by atoms with van der Waals surface area (Å²) < 4.78 is 7.71. The minimum atomic E-state index is -0.421. The summed E-state index contributed by atoms with van der Waals surface area (Å²) in [5.41, 5.74) is 2.42. The summed E-state index contributed by atoms with van der Waals surface area (Å²) >= 11 is 12.3. The van der Waals surface area contributed by atoms with Crippen LogP contribution in [0.15, 0.2) is 52.9 Å². The van der Waals surface area contributed by atoms with Crippen LogP contribution in [0.25, 0.3) is 22.6 Å². The lowest BCUT2D eigenvalue weighted by Gasteiger charge is -2.09. The lowest BCUT2D eigenvalue weighted by atomic mass is 10.2. The number of fused-ring (bicyclic) bond motifs is 1. The number of furan rings is 1. The standard InChI is InChI=1S/C19H13Cl2N3O3/c1-11-2-7-18(27-11)19-22-16-8-14(20)15(21)9-17(16)23(19)10-12-3-5-13(6-4-12)24(25)26/h2-9H,10H2,1H3. The molecule has 0 unspecified atom stereocenters. The Balaban J connectivity index is 1.86. The Morgan fingerprint density at radius 1 is 1.11 bits per heavy atom. The summed E-state index contributed by atoms with van der Waals surface area (Å²) in [5, 5.41) is 11.7. The second-order valence-electron chi connectivity index (χ2n) is 6.11. The van der Waals surface area contributed by atoms with Gasteiger partial charge in [0, 0.05) is 18.7 Å². The highest BCUT2D eigenvalue weighted by Crippen LogP contribution is 2.32. The van der Waals surface area contributed by atoms with Crippen LogP contribution in [0.4, 0.5) is 5.69 Å². The average Bonchev–Trinajstić information content (AvgIpc) is 3.20. The van der Waals surface area contributed by atoms with E-state index in [4.69, 9.17) is 27.6 Å². The van der Waals surface area contributed by atoms with E-state index < -0.39 is 4.92 Å². The maximum atomic E-state index is 10.9. The normalized spacial score (nSPS) is 11.2. The van der Waals surface area contributed by atoms with E-state index >= 15 is 0 Å². The minimum absolute atomic E-state index is 0.0472. The fourth-order valence-electron chi connectivity index (χ4n) is 2.93. The SMILES string of the molecule is Cc1ccc(-c2nc3cc(Cl)c(Cl)cc3n2Cc2ccc([N+](=O)[O-])cc2)o1. The first-order valence-electron chi connectivity index (χ1n) is 8.08. The third-order valence-corrected chi connectivity index (χ3v) is 4.96. The van der Waals surface area contributed by atoms with Gasteiger partial charge in [-0.3, -0.25) is 10.1 Å². The van der Waals surface area contributed by atoms with Crippen LogP contribution in [-0.2, 0) is 6.54 Å². The summed E-state index contributed by atoms with van der Waals surface area (Å²) in [5.74, 6) is 2.03. The molecule has 2 aromatic heterocycles. The Morgan fingerprint density at radius 2 is 1.81 bits per heavy atom. The molecule has 27 heavy (non-hydrogen) atoms. The molecule has 4 rings (SSSR count). The fraction of sp³-hybridized carbons (Fsp3) is 0.105. The predicted molar refractivity (Wildman–Crippen MR) is 104 cm³/mol. The number of halogens is 2. The number of non-ortho nitro benzene ring substituents is 1.